The molecule has 0 heterocycles. The Morgan fingerprint density at radius 2 is 2.18 bits per heavy atom. The predicted octanol–water partition coefficient (Wildman–Crippen LogP) is 3.76. The molecule has 1 nitrogen and oxygen atoms in total. The number of nitrogens with one attached hydrogen (secondary N) is 1. The molecule has 1 aromatic rings. The topological polar surface area (TPSA) is 12.0 Å². The van der Waals surface area contributed by atoms with Gasteiger partial charge in [0.2, 0.25) is 0 Å². The van der Waals surface area contributed by atoms with Crippen LogP contribution in [0.15, 0.2) is 18.2 Å². The molecule has 0 saturated heterocycles. The van der Waals surface area contributed by atoms with E-state index in [1.54, 1.807) is 6.07 Å². The van der Waals surface area contributed by atoms with Crippen LogP contribution in [-0.4, -0.2) is 6.04 Å². The largest absolute Gasteiger partial charge is 0.310 e. The van der Waals surface area contributed by atoms with Gasteiger partial charge in [-0.05, 0) is 42.7 Å². The summed E-state index contributed by atoms with van der Waals surface area (Å²) in [6.45, 7) is 0.685. The van der Waals surface area contributed by atoms with Crippen LogP contribution in [0.2, 0.25) is 5.02 Å². The molecule has 0 aliphatic heterocycles. The molecule has 2 bridgehead atoms. The zero-order valence-electron chi connectivity index (χ0n) is 9.76. The lowest BCUT2D eigenvalue weighted by Gasteiger charge is -2.23. The first kappa shape index (κ1) is 11.5. The van der Waals surface area contributed by atoms with Gasteiger partial charge in [0.15, 0.2) is 0 Å². The predicted molar refractivity (Wildman–Crippen MR) is 67.5 cm³/mol. The zero-order valence-corrected chi connectivity index (χ0v) is 10.5. The lowest BCUT2D eigenvalue weighted by Crippen LogP contribution is -2.33. The minimum Gasteiger partial charge on any atom is -0.310 e. The van der Waals surface area contributed by atoms with E-state index in [1.165, 1.54) is 31.7 Å². The Morgan fingerprint density at radius 1 is 1.29 bits per heavy atom. The summed E-state index contributed by atoms with van der Waals surface area (Å²) in [5.41, 5.74) is 0.870. The SMILES string of the molecule is Fc1cccc(CNC2CC3CCC2C3)c1Cl. The van der Waals surface area contributed by atoms with E-state index < -0.39 is 0 Å². The summed E-state index contributed by atoms with van der Waals surface area (Å²) in [5.74, 6) is 1.45. The summed E-state index contributed by atoms with van der Waals surface area (Å²) >= 11 is 5.94. The second-order valence-corrected chi connectivity index (χ2v) is 5.75. The number of rotatable bonds is 3. The van der Waals surface area contributed by atoms with Crippen LogP contribution in [0.5, 0.6) is 0 Å². The third-order valence-electron chi connectivity index (χ3n) is 4.32. The van der Waals surface area contributed by atoms with Gasteiger partial charge in [0.05, 0.1) is 5.02 Å². The fraction of sp³-hybridized carbons (Fsp3) is 0.571. The van der Waals surface area contributed by atoms with Crippen molar-refractivity contribution in [3.8, 4) is 0 Å². The van der Waals surface area contributed by atoms with E-state index in [4.69, 9.17) is 11.6 Å². The second-order valence-electron chi connectivity index (χ2n) is 5.38. The summed E-state index contributed by atoms with van der Waals surface area (Å²) in [6, 6.07) is 5.64. The third-order valence-corrected chi connectivity index (χ3v) is 4.75. The molecule has 2 fully saturated rings. The molecule has 1 aromatic carbocycles. The molecular weight excluding hydrogens is 237 g/mol. The molecule has 0 aromatic heterocycles. The van der Waals surface area contributed by atoms with E-state index in [-0.39, 0.29) is 10.8 Å². The first-order valence-corrected chi connectivity index (χ1v) is 6.78. The number of benzene rings is 1. The maximum Gasteiger partial charge on any atom is 0.142 e. The highest BCUT2D eigenvalue weighted by molar-refractivity contribution is 6.31. The van der Waals surface area contributed by atoms with Crippen molar-refractivity contribution < 1.29 is 4.39 Å². The molecule has 3 unspecified atom stereocenters. The van der Waals surface area contributed by atoms with Crippen LogP contribution in [0.4, 0.5) is 4.39 Å². The Morgan fingerprint density at radius 3 is 2.88 bits per heavy atom. The minimum absolute atomic E-state index is 0.267. The molecule has 3 atom stereocenters. The van der Waals surface area contributed by atoms with Gasteiger partial charge in [0.1, 0.15) is 5.82 Å². The Kier molecular flexibility index (Phi) is 3.10. The molecule has 17 heavy (non-hydrogen) atoms. The van der Waals surface area contributed by atoms with E-state index >= 15 is 0 Å². The molecule has 2 saturated carbocycles. The molecule has 2 aliphatic rings. The van der Waals surface area contributed by atoms with E-state index in [1.807, 2.05) is 6.07 Å². The summed E-state index contributed by atoms with van der Waals surface area (Å²) in [7, 11) is 0. The molecule has 0 amide bonds. The summed E-state index contributed by atoms with van der Waals surface area (Å²) in [5, 5.41) is 3.81. The monoisotopic (exact) mass is 253 g/mol. The van der Waals surface area contributed by atoms with Gasteiger partial charge < -0.3 is 5.32 Å². The van der Waals surface area contributed by atoms with Gasteiger partial charge in [0.25, 0.3) is 0 Å². The molecule has 0 spiro atoms. The van der Waals surface area contributed by atoms with Crippen LogP contribution < -0.4 is 5.32 Å². The summed E-state index contributed by atoms with van der Waals surface area (Å²) in [6.07, 6.45) is 5.44. The lowest BCUT2D eigenvalue weighted by molar-refractivity contribution is 0.350. The first-order chi connectivity index (χ1) is 8.24. The van der Waals surface area contributed by atoms with Crippen molar-refractivity contribution in [2.75, 3.05) is 0 Å². The highest BCUT2D eigenvalue weighted by atomic mass is 35.5. The second kappa shape index (κ2) is 4.58. The Bertz CT molecular complexity index is 421. The molecule has 2 aliphatic carbocycles. The third kappa shape index (κ3) is 2.21. The van der Waals surface area contributed by atoms with Gasteiger partial charge in [-0.1, -0.05) is 30.2 Å². The van der Waals surface area contributed by atoms with Crippen molar-refractivity contribution in [2.24, 2.45) is 11.8 Å². The van der Waals surface area contributed by atoms with Gasteiger partial charge in [-0.15, -0.1) is 0 Å². The van der Waals surface area contributed by atoms with E-state index in [9.17, 15) is 4.39 Å². The first-order valence-electron chi connectivity index (χ1n) is 6.40. The van der Waals surface area contributed by atoms with Crippen molar-refractivity contribution in [2.45, 2.75) is 38.3 Å². The number of halogens is 2. The minimum atomic E-state index is -0.320. The molecule has 0 radical (unpaired) electrons. The van der Waals surface area contributed by atoms with Gasteiger partial charge in [-0.3, -0.25) is 0 Å². The Balaban J connectivity index is 1.62. The normalized spacial score (nSPS) is 31.1. The van der Waals surface area contributed by atoms with Crippen molar-refractivity contribution in [1.82, 2.24) is 5.32 Å². The number of hydrogen-bond acceptors (Lipinski definition) is 1. The van der Waals surface area contributed by atoms with Crippen LogP contribution in [-0.2, 0) is 6.54 Å². The average molecular weight is 254 g/mol. The maximum atomic E-state index is 13.3. The van der Waals surface area contributed by atoms with E-state index in [2.05, 4.69) is 5.32 Å². The fourth-order valence-electron chi connectivity index (χ4n) is 3.42. The molecular formula is C14H17ClFN. The van der Waals surface area contributed by atoms with Crippen LogP contribution >= 0.6 is 11.6 Å². The van der Waals surface area contributed by atoms with Gasteiger partial charge in [-0.2, -0.15) is 0 Å². The number of fused-ring (bicyclic) bond motifs is 2. The zero-order chi connectivity index (χ0) is 11.8. The fourth-order valence-corrected chi connectivity index (χ4v) is 3.61. The molecule has 1 N–H and O–H groups in total. The van der Waals surface area contributed by atoms with Gasteiger partial charge >= 0.3 is 0 Å². The van der Waals surface area contributed by atoms with Crippen LogP contribution in [0.25, 0.3) is 0 Å². The van der Waals surface area contributed by atoms with E-state index in [0.717, 1.165) is 17.4 Å². The van der Waals surface area contributed by atoms with E-state index in [0.29, 0.717) is 12.6 Å². The van der Waals surface area contributed by atoms with Crippen LogP contribution in [0.3, 0.4) is 0 Å². The van der Waals surface area contributed by atoms with Crippen molar-refractivity contribution in [3.05, 3.63) is 34.6 Å². The maximum absolute atomic E-state index is 13.3. The standard InChI is InChI=1S/C14H17ClFN/c15-14-11(2-1-3-12(14)16)8-17-13-7-9-4-5-10(13)6-9/h1-3,9-10,13,17H,4-8H2. The highest BCUT2D eigenvalue weighted by Gasteiger charge is 2.38. The Hall–Kier alpha value is -0.600. The number of hydrogen-bond donors (Lipinski definition) is 1. The van der Waals surface area contributed by atoms with Crippen LogP contribution in [0, 0.1) is 17.7 Å². The summed E-state index contributed by atoms with van der Waals surface area (Å²) < 4.78 is 13.3. The molecule has 3 heteroatoms. The van der Waals surface area contributed by atoms with Gasteiger partial charge in [0, 0.05) is 12.6 Å². The average Bonchev–Trinajstić information content (AvgIpc) is 2.93. The highest BCUT2D eigenvalue weighted by Crippen LogP contribution is 2.44. The summed E-state index contributed by atoms with van der Waals surface area (Å²) in [4.78, 5) is 0. The van der Waals surface area contributed by atoms with Gasteiger partial charge in [-0.25, -0.2) is 4.39 Å². The molecule has 92 valence electrons. The Labute approximate surface area is 106 Å². The van der Waals surface area contributed by atoms with Crippen LogP contribution in [0.1, 0.15) is 31.2 Å². The van der Waals surface area contributed by atoms with Crippen molar-refractivity contribution in [3.63, 3.8) is 0 Å². The van der Waals surface area contributed by atoms with Crippen molar-refractivity contribution in [1.29, 1.82) is 0 Å². The smallest absolute Gasteiger partial charge is 0.142 e. The quantitative estimate of drug-likeness (QED) is 0.865. The van der Waals surface area contributed by atoms with Crippen molar-refractivity contribution >= 4 is 11.6 Å². The molecule has 3 rings (SSSR count). The lowest BCUT2D eigenvalue weighted by atomic mass is 9.95.